The van der Waals surface area contributed by atoms with Crippen LogP contribution in [-0.2, 0) is 0 Å². The first-order chi connectivity index (χ1) is 8.63. The number of unbranched alkanes of at least 4 members (excludes halogenated alkanes) is 1. The average Bonchev–Trinajstić information content (AvgIpc) is 2.37. The normalized spacial score (nSPS) is 10.8. The molecule has 1 aromatic heterocycles. The number of halogens is 1. The molecule has 0 saturated heterocycles. The van der Waals surface area contributed by atoms with Crippen molar-refractivity contribution in [3.8, 4) is 0 Å². The highest BCUT2D eigenvalue weighted by atomic mass is 79.9. The lowest BCUT2D eigenvalue weighted by molar-refractivity contribution is 0.768. The fraction of sp³-hybridized carbons (Fsp3) is 0.357. The molecular formula is C14H18BrN3. The van der Waals surface area contributed by atoms with Crippen LogP contribution in [0, 0.1) is 0 Å². The highest BCUT2D eigenvalue weighted by molar-refractivity contribution is 9.10. The summed E-state index contributed by atoms with van der Waals surface area (Å²) in [4.78, 5) is 6.74. The zero-order valence-corrected chi connectivity index (χ0v) is 12.4. The van der Waals surface area contributed by atoms with Crippen molar-refractivity contribution in [1.29, 1.82) is 0 Å². The number of benzene rings is 1. The lowest BCUT2D eigenvalue weighted by atomic mass is 10.1. The van der Waals surface area contributed by atoms with Crippen molar-refractivity contribution >= 4 is 38.2 Å². The number of hydrogen-bond donors (Lipinski definition) is 1. The Morgan fingerprint density at radius 1 is 1.39 bits per heavy atom. The van der Waals surface area contributed by atoms with Gasteiger partial charge in [0.05, 0.1) is 11.2 Å². The molecule has 3 nitrogen and oxygen atoms in total. The van der Waals surface area contributed by atoms with E-state index in [4.69, 9.17) is 5.73 Å². The molecule has 0 aliphatic rings. The van der Waals surface area contributed by atoms with Gasteiger partial charge in [0.1, 0.15) is 0 Å². The van der Waals surface area contributed by atoms with Gasteiger partial charge in [-0.2, -0.15) is 0 Å². The summed E-state index contributed by atoms with van der Waals surface area (Å²) in [6, 6.07) is 6.03. The Bertz CT molecular complexity index is 554. The molecule has 0 atom stereocenters. The summed E-state index contributed by atoms with van der Waals surface area (Å²) in [5, 5.41) is 1.00. The maximum absolute atomic E-state index is 6.01. The van der Waals surface area contributed by atoms with Gasteiger partial charge in [0.15, 0.2) is 0 Å². The summed E-state index contributed by atoms with van der Waals surface area (Å²) in [5.41, 5.74) is 8.89. The second kappa shape index (κ2) is 5.57. The summed E-state index contributed by atoms with van der Waals surface area (Å²) in [7, 11) is 2.10. The lowest BCUT2D eigenvalue weighted by Gasteiger charge is -2.21. The van der Waals surface area contributed by atoms with E-state index in [1.54, 1.807) is 0 Å². The summed E-state index contributed by atoms with van der Waals surface area (Å²) in [6.07, 6.45) is 4.19. The highest BCUT2D eigenvalue weighted by Gasteiger charge is 2.09. The predicted octanol–water partition coefficient (Wildman–Crippen LogP) is 3.82. The average molecular weight is 308 g/mol. The van der Waals surface area contributed by atoms with E-state index in [9.17, 15) is 0 Å². The number of pyridine rings is 1. The molecule has 4 heteroatoms. The van der Waals surface area contributed by atoms with Gasteiger partial charge in [-0.1, -0.05) is 13.3 Å². The van der Waals surface area contributed by atoms with Crippen LogP contribution in [0.4, 0.5) is 11.4 Å². The quantitative estimate of drug-likeness (QED) is 0.873. The monoisotopic (exact) mass is 307 g/mol. The molecule has 1 heterocycles. The van der Waals surface area contributed by atoms with E-state index in [-0.39, 0.29) is 0 Å². The highest BCUT2D eigenvalue weighted by Crippen LogP contribution is 2.30. The largest absolute Gasteiger partial charge is 0.398 e. The number of aromatic nitrogens is 1. The van der Waals surface area contributed by atoms with Crippen molar-refractivity contribution < 1.29 is 0 Å². The van der Waals surface area contributed by atoms with Gasteiger partial charge in [-0.3, -0.25) is 4.98 Å². The van der Waals surface area contributed by atoms with Crippen LogP contribution in [0.25, 0.3) is 10.9 Å². The van der Waals surface area contributed by atoms with Gasteiger partial charge in [0.25, 0.3) is 0 Å². The molecule has 2 aromatic rings. The van der Waals surface area contributed by atoms with Gasteiger partial charge in [0.2, 0.25) is 0 Å². The lowest BCUT2D eigenvalue weighted by Crippen LogP contribution is -2.18. The molecular weight excluding hydrogens is 290 g/mol. The van der Waals surface area contributed by atoms with E-state index in [1.807, 2.05) is 24.4 Å². The maximum Gasteiger partial charge on any atom is 0.0956 e. The Morgan fingerprint density at radius 3 is 2.89 bits per heavy atom. The molecule has 2 rings (SSSR count). The minimum Gasteiger partial charge on any atom is -0.398 e. The topological polar surface area (TPSA) is 42.1 Å². The molecule has 96 valence electrons. The number of nitrogen functional groups attached to an aromatic ring is 1. The summed E-state index contributed by atoms with van der Waals surface area (Å²) < 4.78 is 0.954. The van der Waals surface area contributed by atoms with E-state index >= 15 is 0 Å². The van der Waals surface area contributed by atoms with E-state index < -0.39 is 0 Å². The van der Waals surface area contributed by atoms with Crippen LogP contribution in [0.2, 0.25) is 0 Å². The van der Waals surface area contributed by atoms with E-state index in [2.05, 4.69) is 39.8 Å². The van der Waals surface area contributed by atoms with Gasteiger partial charge >= 0.3 is 0 Å². The SMILES string of the molecule is CCCCN(C)c1ccc(N)c2cc(Br)cnc12. The molecule has 0 aliphatic heterocycles. The van der Waals surface area contributed by atoms with Crippen molar-refractivity contribution in [1.82, 2.24) is 4.98 Å². The molecule has 0 unspecified atom stereocenters. The fourth-order valence-electron chi connectivity index (χ4n) is 2.02. The number of hydrogen-bond acceptors (Lipinski definition) is 3. The second-order valence-electron chi connectivity index (χ2n) is 4.50. The van der Waals surface area contributed by atoms with Crippen LogP contribution in [-0.4, -0.2) is 18.6 Å². The van der Waals surface area contributed by atoms with E-state index in [1.165, 1.54) is 12.8 Å². The molecule has 2 N–H and O–H groups in total. The Balaban J connectivity index is 2.48. The van der Waals surface area contributed by atoms with Gasteiger partial charge in [0, 0.05) is 35.3 Å². The zero-order chi connectivity index (χ0) is 13.1. The first-order valence-corrected chi connectivity index (χ1v) is 6.97. The zero-order valence-electron chi connectivity index (χ0n) is 10.8. The van der Waals surface area contributed by atoms with Gasteiger partial charge in [-0.05, 0) is 40.5 Å². The van der Waals surface area contributed by atoms with Crippen LogP contribution >= 0.6 is 15.9 Å². The van der Waals surface area contributed by atoms with Gasteiger partial charge in [-0.25, -0.2) is 0 Å². The third-order valence-corrected chi connectivity index (χ3v) is 3.52. The predicted molar refractivity (Wildman–Crippen MR) is 82.0 cm³/mol. The Kier molecular flexibility index (Phi) is 4.07. The molecule has 0 spiro atoms. The maximum atomic E-state index is 6.01. The minimum atomic E-state index is 0.770. The molecule has 0 radical (unpaired) electrons. The Morgan fingerprint density at radius 2 is 2.17 bits per heavy atom. The molecule has 0 amide bonds. The summed E-state index contributed by atoms with van der Waals surface area (Å²) in [6.45, 7) is 3.23. The summed E-state index contributed by atoms with van der Waals surface area (Å²) in [5.74, 6) is 0. The van der Waals surface area contributed by atoms with E-state index in [0.29, 0.717) is 0 Å². The van der Waals surface area contributed by atoms with Crippen molar-refractivity contribution in [2.75, 3.05) is 24.2 Å². The smallest absolute Gasteiger partial charge is 0.0956 e. The number of rotatable bonds is 4. The molecule has 0 aliphatic carbocycles. The number of nitrogens with zero attached hydrogens (tertiary/aromatic N) is 2. The molecule has 18 heavy (non-hydrogen) atoms. The van der Waals surface area contributed by atoms with Gasteiger partial charge < -0.3 is 10.6 Å². The molecule has 0 bridgehead atoms. The standard InChI is InChI=1S/C14H18BrN3/c1-3-4-7-18(2)13-6-5-12(16)11-8-10(15)9-17-14(11)13/h5-6,8-9H,3-4,7,16H2,1-2H3. The number of anilines is 2. The van der Waals surface area contributed by atoms with Crippen LogP contribution in [0.3, 0.4) is 0 Å². The molecule has 0 fully saturated rings. The fourth-order valence-corrected chi connectivity index (χ4v) is 2.36. The van der Waals surface area contributed by atoms with Crippen LogP contribution in [0.5, 0.6) is 0 Å². The van der Waals surface area contributed by atoms with E-state index in [0.717, 1.165) is 33.3 Å². The van der Waals surface area contributed by atoms with Gasteiger partial charge in [-0.15, -0.1) is 0 Å². The van der Waals surface area contributed by atoms with Crippen molar-refractivity contribution in [3.63, 3.8) is 0 Å². The number of fused-ring (bicyclic) bond motifs is 1. The third-order valence-electron chi connectivity index (χ3n) is 3.09. The third kappa shape index (κ3) is 2.58. The van der Waals surface area contributed by atoms with Crippen LogP contribution in [0.1, 0.15) is 19.8 Å². The minimum absolute atomic E-state index is 0.770. The first kappa shape index (κ1) is 13.1. The van der Waals surface area contributed by atoms with Crippen LogP contribution < -0.4 is 10.6 Å². The van der Waals surface area contributed by atoms with Crippen LogP contribution in [0.15, 0.2) is 28.9 Å². The van der Waals surface area contributed by atoms with Crippen molar-refractivity contribution in [3.05, 3.63) is 28.9 Å². The number of nitrogens with two attached hydrogens (primary N) is 1. The second-order valence-corrected chi connectivity index (χ2v) is 5.41. The summed E-state index contributed by atoms with van der Waals surface area (Å²) >= 11 is 3.44. The molecule has 1 aromatic carbocycles. The van der Waals surface area contributed by atoms with Crippen molar-refractivity contribution in [2.45, 2.75) is 19.8 Å². The Labute approximate surface area is 116 Å². The Hall–Kier alpha value is -1.29. The molecule has 0 saturated carbocycles. The van der Waals surface area contributed by atoms with Crippen molar-refractivity contribution in [2.24, 2.45) is 0 Å². The first-order valence-electron chi connectivity index (χ1n) is 6.18.